The van der Waals surface area contributed by atoms with Crippen molar-refractivity contribution in [2.24, 2.45) is 0 Å². The molecule has 2 N–H and O–H groups in total. The van der Waals surface area contributed by atoms with E-state index in [-0.39, 0.29) is 11.3 Å². The summed E-state index contributed by atoms with van der Waals surface area (Å²) in [6.45, 7) is 1.85. The van der Waals surface area contributed by atoms with E-state index >= 15 is 0 Å². The molecule has 2 aromatic rings. The summed E-state index contributed by atoms with van der Waals surface area (Å²) in [7, 11) is 1.17. The summed E-state index contributed by atoms with van der Waals surface area (Å²) in [6.07, 6.45) is 2.70. The first-order valence-electron chi connectivity index (χ1n) is 8.52. The molecule has 1 amide bonds. The average molecular weight is 361 g/mol. The van der Waals surface area contributed by atoms with Crippen LogP contribution in [-0.4, -0.2) is 46.5 Å². The van der Waals surface area contributed by atoms with Gasteiger partial charge in [-0.05, 0) is 12.5 Å². The minimum absolute atomic E-state index is 0.0269. The molecule has 0 bridgehead atoms. The van der Waals surface area contributed by atoms with E-state index in [2.05, 4.69) is 22.1 Å². The van der Waals surface area contributed by atoms with Gasteiger partial charge < -0.3 is 15.2 Å². The van der Waals surface area contributed by atoms with Gasteiger partial charge in [0, 0.05) is 11.9 Å². The van der Waals surface area contributed by atoms with Crippen LogP contribution >= 0.6 is 0 Å². The first-order chi connectivity index (χ1) is 12.5. The number of hydrogen-bond donors (Lipinski definition) is 2. The molecule has 1 unspecified atom stereocenters. The van der Waals surface area contributed by atoms with Gasteiger partial charge in [0.25, 0.3) is 11.5 Å². The number of methoxy groups -OCH3 is 1. The van der Waals surface area contributed by atoms with Gasteiger partial charge >= 0.3 is 5.97 Å². The van der Waals surface area contributed by atoms with E-state index in [0.717, 1.165) is 19.3 Å². The number of benzene rings is 1. The highest BCUT2D eigenvalue weighted by Crippen LogP contribution is 2.14. The fourth-order valence-electron chi connectivity index (χ4n) is 2.61. The smallest absolute Gasteiger partial charge is 0.330 e. The molecule has 0 spiro atoms. The Hall–Kier alpha value is -2.74. The lowest BCUT2D eigenvalue weighted by Gasteiger charge is -2.15. The lowest BCUT2D eigenvalue weighted by molar-refractivity contribution is -0.143. The zero-order valence-corrected chi connectivity index (χ0v) is 14.9. The molecule has 0 aliphatic heterocycles. The lowest BCUT2D eigenvalue weighted by Crippen LogP contribution is -2.44. The van der Waals surface area contributed by atoms with Crippen molar-refractivity contribution >= 4 is 22.6 Å². The molecule has 1 heterocycles. The highest BCUT2D eigenvalue weighted by Gasteiger charge is 2.24. The molecule has 0 saturated heterocycles. The number of fused-ring (bicyclic) bond motifs is 1. The summed E-state index contributed by atoms with van der Waals surface area (Å²) >= 11 is 0. The monoisotopic (exact) mass is 361 g/mol. The maximum absolute atomic E-state index is 12.6. The van der Waals surface area contributed by atoms with Crippen LogP contribution in [-0.2, 0) is 16.1 Å². The summed E-state index contributed by atoms with van der Waals surface area (Å²) in [4.78, 5) is 36.8. The van der Waals surface area contributed by atoms with Crippen LogP contribution in [0.1, 0.15) is 36.7 Å². The number of rotatable bonds is 8. The van der Waals surface area contributed by atoms with E-state index < -0.39 is 24.5 Å². The second-order valence-corrected chi connectivity index (χ2v) is 5.86. The van der Waals surface area contributed by atoms with Crippen LogP contribution in [0.5, 0.6) is 0 Å². The lowest BCUT2D eigenvalue weighted by atomic mass is 10.1. The van der Waals surface area contributed by atoms with Crippen LogP contribution in [0.3, 0.4) is 0 Å². The molecule has 0 fully saturated rings. The molecule has 1 atom stereocenters. The first-order valence-corrected chi connectivity index (χ1v) is 8.52. The topological polar surface area (TPSA) is 111 Å². The summed E-state index contributed by atoms with van der Waals surface area (Å²) in [5.41, 5.74) is -0.237. The van der Waals surface area contributed by atoms with Gasteiger partial charge in [-0.1, -0.05) is 38.0 Å². The molecule has 1 aromatic carbocycles. The number of carbonyl (C=O) groups excluding carboxylic acids is 2. The molecule has 8 nitrogen and oxygen atoms in total. The van der Waals surface area contributed by atoms with Crippen LogP contribution in [0, 0.1) is 0 Å². The van der Waals surface area contributed by atoms with Gasteiger partial charge in [0.1, 0.15) is 0 Å². The van der Waals surface area contributed by atoms with Crippen LogP contribution in [0.2, 0.25) is 0 Å². The Morgan fingerprint density at radius 1 is 1.27 bits per heavy atom. The summed E-state index contributed by atoms with van der Waals surface area (Å²) in [5, 5.41) is 16.7. The second kappa shape index (κ2) is 9.10. The minimum atomic E-state index is -1.20. The van der Waals surface area contributed by atoms with Gasteiger partial charge in [0.15, 0.2) is 11.7 Å². The molecule has 140 valence electrons. The zero-order chi connectivity index (χ0) is 19.1. The highest BCUT2D eigenvalue weighted by atomic mass is 16.5. The van der Waals surface area contributed by atoms with E-state index in [1.165, 1.54) is 11.8 Å². The molecular formula is C18H23N3O5. The van der Waals surface area contributed by atoms with Crippen LogP contribution in [0.15, 0.2) is 29.1 Å². The van der Waals surface area contributed by atoms with Crippen LogP contribution in [0.4, 0.5) is 0 Å². The molecule has 0 radical (unpaired) electrons. The molecule has 0 saturated carbocycles. The summed E-state index contributed by atoms with van der Waals surface area (Å²) in [6, 6.07) is 5.48. The van der Waals surface area contributed by atoms with E-state index in [0.29, 0.717) is 17.3 Å². The minimum Gasteiger partial charge on any atom is -0.467 e. The summed E-state index contributed by atoms with van der Waals surface area (Å²) < 4.78 is 5.82. The Kier molecular flexibility index (Phi) is 6.85. The van der Waals surface area contributed by atoms with Gasteiger partial charge in [0.2, 0.25) is 0 Å². The Balaban J connectivity index is 2.44. The third-order valence-corrected chi connectivity index (χ3v) is 4.03. The predicted octanol–water partition coefficient (Wildman–Crippen LogP) is 0.850. The van der Waals surface area contributed by atoms with Crippen LogP contribution in [0.25, 0.3) is 10.8 Å². The Bertz CT molecular complexity index is 846. The van der Waals surface area contributed by atoms with Gasteiger partial charge in [0.05, 0.1) is 19.1 Å². The van der Waals surface area contributed by atoms with Gasteiger partial charge in [-0.15, -0.1) is 0 Å². The molecule has 8 heteroatoms. The molecule has 2 rings (SSSR count). The number of carbonyl (C=O) groups is 2. The Labute approximate surface area is 150 Å². The normalized spacial score (nSPS) is 12.0. The third kappa shape index (κ3) is 4.26. The number of nitrogens with zero attached hydrogens (tertiary/aromatic N) is 2. The number of aromatic nitrogens is 2. The maximum Gasteiger partial charge on any atom is 0.330 e. The molecule has 0 aliphatic carbocycles. The fourth-order valence-corrected chi connectivity index (χ4v) is 2.61. The van der Waals surface area contributed by atoms with Crippen molar-refractivity contribution in [1.82, 2.24) is 15.1 Å². The highest BCUT2D eigenvalue weighted by molar-refractivity contribution is 6.05. The Morgan fingerprint density at radius 2 is 1.96 bits per heavy atom. The van der Waals surface area contributed by atoms with Crippen molar-refractivity contribution in [2.45, 2.75) is 38.8 Å². The average Bonchev–Trinajstić information content (AvgIpc) is 2.67. The molecular weight excluding hydrogens is 338 g/mol. The van der Waals surface area contributed by atoms with Gasteiger partial charge in [-0.25, -0.2) is 9.48 Å². The van der Waals surface area contributed by atoms with Crippen molar-refractivity contribution in [3.05, 3.63) is 40.3 Å². The molecule has 1 aromatic heterocycles. The number of nitrogens with one attached hydrogen (secondary N) is 1. The number of hydrogen-bond acceptors (Lipinski definition) is 6. The van der Waals surface area contributed by atoms with Crippen LogP contribution < -0.4 is 10.9 Å². The fraction of sp³-hybridized carbons (Fsp3) is 0.444. The number of aliphatic hydroxyl groups is 1. The molecule has 26 heavy (non-hydrogen) atoms. The van der Waals surface area contributed by atoms with Gasteiger partial charge in [-0.2, -0.15) is 5.10 Å². The van der Waals surface area contributed by atoms with Crippen molar-refractivity contribution in [3.8, 4) is 0 Å². The van der Waals surface area contributed by atoms with E-state index in [1.54, 1.807) is 24.3 Å². The number of aliphatic hydroxyl groups excluding tert-OH is 1. The maximum atomic E-state index is 12.6. The zero-order valence-electron chi connectivity index (χ0n) is 14.9. The SMILES string of the molecule is CCCCCn1nc(C(=O)NC(CO)C(=O)OC)c2ccccc2c1=O. The van der Waals surface area contributed by atoms with Crippen molar-refractivity contribution in [2.75, 3.05) is 13.7 Å². The van der Waals surface area contributed by atoms with Gasteiger partial charge in [-0.3, -0.25) is 9.59 Å². The quantitative estimate of drug-likeness (QED) is 0.533. The Morgan fingerprint density at radius 3 is 2.58 bits per heavy atom. The van der Waals surface area contributed by atoms with Crippen molar-refractivity contribution < 1.29 is 19.4 Å². The van der Waals surface area contributed by atoms with E-state index in [9.17, 15) is 19.5 Å². The number of amides is 1. The van der Waals surface area contributed by atoms with E-state index in [4.69, 9.17) is 0 Å². The summed E-state index contributed by atoms with van der Waals surface area (Å²) in [5.74, 6) is -1.42. The largest absolute Gasteiger partial charge is 0.467 e. The van der Waals surface area contributed by atoms with Crippen molar-refractivity contribution in [3.63, 3.8) is 0 Å². The second-order valence-electron chi connectivity index (χ2n) is 5.86. The van der Waals surface area contributed by atoms with Crippen molar-refractivity contribution in [1.29, 1.82) is 0 Å². The number of esters is 1. The number of aryl methyl sites for hydroxylation is 1. The standard InChI is InChI=1S/C18H23N3O5/c1-3-4-7-10-21-17(24)13-9-6-5-8-12(13)15(20-21)16(23)19-14(11-22)18(25)26-2/h5-6,8-9,14,22H,3-4,7,10-11H2,1-2H3,(H,19,23). The number of unbranched alkanes of at least 4 members (excludes halogenated alkanes) is 2. The number of ether oxygens (including phenoxy) is 1. The third-order valence-electron chi connectivity index (χ3n) is 4.03. The first kappa shape index (κ1) is 19.6. The predicted molar refractivity (Wildman–Crippen MR) is 95.9 cm³/mol. The van der Waals surface area contributed by atoms with E-state index in [1.807, 2.05) is 0 Å². The molecule has 0 aliphatic rings.